The van der Waals surface area contributed by atoms with E-state index in [9.17, 15) is 9.59 Å². The normalized spacial score (nSPS) is 19.7. The molecule has 0 radical (unpaired) electrons. The molecule has 1 aromatic heterocycles. The Kier molecular flexibility index (Phi) is 3.87. The van der Waals surface area contributed by atoms with Crippen LogP contribution in [-0.4, -0.2) is 71.0 Å². The van der Waals surface area contributed by atoms with E-state index in [4.69, 9.17) is 0 Å². The number of hydrogen-bond acceptors (Lipinski definition) is 6. The Morgan fingerprint density at radius 3 is 2.94 bits per heavy atom. The van der Waals surface area contributed by atoms with Crippen molar-refractivity contribution >= 4 is 23.3 Å². The van der Waals surface area contributed by atoms with E-state index in [1.54, 1.807) is 19.0 Å². The Morgan fingerprint density at radius 2 is 2.33 bits per heavy atom. The number of piperazine rings is 1. The lowest BCUT2D eigenvalue weighted by Crippen LogP contribution is -2.59. The summed E-state index contributed by atoms with van der Waals surface area (Å²) in [6, 6.07) is -0.455. The number of aromatic nitrogens is 2. The second-order valence-electron chi connectivity index (χ2n) is 4.23. The fourth-order valence-corrected chi connectivity index (χ4v) is 2.34. The molecule has 1 aromatic rings. The Bertz CT molecular complexity index is 433. The van der Waals surface area contributed by atoms with Gasteiger partial charge in [0, 0.05) is 33.7 Å². The van der Waals surface area contributed by atoms with Gasteiger partial charge >= 0.3 is 0 Å². The molecule has 1 saturated heterocycles. The molecule has 2 heterocycles. The van der Waals surface area contributed by atoms with E-state index in [2.05, 4.69) is 14.9 Å². The average Bonchev–Trinajstić information content (AvgIpc) is 2.90. The first-order valence-electron chi connectivity index (χ1n) is 5.61. The highest BCUT2D eigenvalue weighted by Crippen LogP contribution is 2.13. The number of carbonyl (C=O) groups is 2. The summed E-state index contributed by atoms with van der Waals surface area (Å²) in [7, 11) is 3.38. The quantitative estimate of drug-likeness (QED) is 0.748. The van der Waals surface area contributed by atoms with Crippen molar-refractivity contribution in [1.29, 1.82) is 0 Å². The van der Waals surface area contributed by atoms with Crippen LogP contribution in [0.3, 0.4) is 0 Å². The highest BCUT2D eigenvalue weighted by atomic mass is 32.1. The maximum absolute atomic E-state index is 12.3. The molecule has 0 spiro atoms. The molecule has 1 aliphatic rings. The van der Waals surface area contributed by atoms with Crippen LogP contribution in [0.1, 0.15) is 9.67 Å². The molecule has 98 valence electrons. The third kappa shape index (κ3) is 2.49. The number of amides is 2. The van der Waals surface area contributed by atoms with Crippen molar-refractivity contribution in [2.24, 2.45) is 0 Å². The van der Waals surface area contributed by atoms with Crippen molar-refractivity contribution in [3.63, 3.8) is 0 Å². The molecule has 1 aliphatic heterocycles. The van der Waals surface area contributed by atoms with Crippen molar-refractivity contribution in [3.8, 4) is 0 Å². The predicted molar refractivity (Wildman–Crippen MR) is 66.3 cm³/mol. The maximum atomic E-state index is 12.3. The van der Waals surface area contributed by atoms with E-state index in [1.165, 1.54) is 11.1 Å². The molecule has 1 fully saturated rings. The van der Waals surface area contributed by atoms with Gasteiger partial charge in [0.05, 0.1) is 6.20 Å². The van der Waals surface area contributed by atoms with Crippen LogP contribution in [0.15, 0.2) is 6.20 Å². The summed E-state index contributed by atoms with van der Waals surface area (Å²) in [6.07, 6.45) is 1.44. The summed E-state index contributed by atoms with van der Waals surface area (Å²) >= 11 is 1.05. The van der Waals surface area contributed by atoms with Crippen LogP contribution in [0.4, 0.5) is 0 Å². The average molecular weight is 269 g/mol. The summed E-state index contributed by atoms with van der Waals surface area (Å²) in [6.45, 7) is 1.69. The molecule has 0 saturated carbocycles. The molecule has 8 heteroatoms. The van der Waals surface area contributed by atoms with E-state index in [0.29, 0.717) is 24.5 Å². The summed E-state index contributed by atoms with van der Waals surface area (Å²) in [5.41, 5.74) is 0. The van der Waals surface area contributed by atoms with E-state index in [-0.39, 0.29) is 11.8 Å². The van der Waals surface area contributed by atoms with Crippen molar-refractivity contribution in [2.75, 3.05) is 33.7 Å². The minimum atomic E-state index is -0.455. The third-order valence-corrected chi connectivity index (χ3v) is 3.45. The highest BCUT2D eigenvalue weighted by molar-refractivity contribution is 7.07. The highest BCUT2D eigenvalue weighted by Gasteiger charge is 2.34. The Labute approximate surface area is 109 Å². The zero-order chi connectivity index (χ0) is 13.1. The number of rotatable bonds is 2. The van der Waals surface area contributed by atoms with E-state index in [1.807, 2.05) is 0 Å². The van der Waals surface area contributed by atoms with Crippen molar-refractivity contribution < 1.29 is 9.59 Å². The molecule has 1 unspecified atom stereocenters. The van der Waals surface area contributed by atoms with Gasteiger partial charge in [-0.25, -0.2) is 0 Å². The number of nitrogens with one attached hydrogen (secondary N) is 1. The molecular weight excluding hydrogens is 254 g/mol. The van der Waals surface area contributed by atoms with Gasteiger partial charge in [-0.15, -0.1) is 5.10 Å². The first-order valence-corrected chi connectivity index (χ1v) is 6.39. The van der Waals surface area contributed by atoms with Crippen LogP contribution in [0, 0.1) is 0 Å². The molecule has 0 aromatic carbocycles. The number of likely N-dealkylation sites (N-methyl/N-ethyl adjacent to an activating group) is 1. The van der Waals surface area contributed by atoms with Crippen molar-refractivity contribution in [2.45, 2.75) is 6.04 Å². The summed E-state index contributed by atoms with van der Waals surface area (Å²) in [4.78, 5) is 27.9. The molecule has 1 atom stereocenters. The molecule has 1 N–H and O–H groups in total. The zero-order valence-corrected chi connectivity index (χ0v) is 11.1. The van der Waals surface area contributed by atoms with Crippen LogP contribution in [0.25, 0.3) is 0 Å². The molecule has 2 rings (SSSR count). The Balaban J connectivity index is 2.18. The Morgan fingerprint density at radius 1 is 1.56 bits per heavy atom. The smallest absolute Gasteiger partial charge is 0.268 e. The Hall–Kier alpha value is -1.54. The summed E-state index contributed by atoms with van der Waals surface area (Å²) < 4.78 is 3.68. The lowest BCUT2D eigenvalue weighted by atomic mass is 10.1. The fraction of sp³-hybridized carbons (Fsp3) is 0.600. The SMILES string of the molecule is CN(C)C(=O)C1CNCCN1C(=O)c1cnns1. The van der Waals surface area contributed by atoms with Gasteiger partial charge < -0.3 is 15.1 Å². The van der Waals surface area contributed by atoms with Gasteiger partial charge in [0.2, 0.25) is 5.91 Å². The summed E-state index contributed by atoms with van der Waals surface area (Å²) in [5.74, 6) is -0.250. The van der Waals surface area contributed by atoms with Gasteiger partial charge in [-0.2, -0.15) is 0 Å². The van der Waals surface area contributed by atoms with Gasteiger partial charge in [0.1, 0.15) is 10.9 Å². The zero-order valence-electron chi connectivity index (χ0n) is 10.3. The fourth-order valence-electron chi connectivity index (χ4n) is 1.87. The largest absolute Gasteiger partial charge is 0.347 e. The second kappa shape index (κ2) is 5.40. The molecule has 0 bridgehead atoms. The standard InChI is InChI=1S/C10H15N5O2S/c1-14(2)9(16)7-5-11-3-4-15(7)10(17)8-6-12-13-18-8/h6-7,11H,3-5H2,1-2H3. The van der Waals surface area contributed by atoms with Crippen LogP contribution in [-0.2, 0) is 4.79 Å². The van der Waals surface area contributed by atoms with E-state index < -0.39 is 6.04 Å². The first-order chi connectivity index (χ1) is 8.61. The van der Waals surface area contributed by atoms with Gasteiger partial charge in [-0.05, 0) is 11.5 Å². The molecule has 7 nitrogen and oxygen atoms in total. The van der Waals surface area contributed by atoms with Crippen LogP contribution in [0.2, 0.25) is 0 Å². The van der Waals surface area contributed by atoms with E-state index in [0.717, 1.165) is 11.5 Å². The van der Waals surface area contributed by atoms with Crippen LogP contribution >= 0.6 is 11.5 Å². The van der Waals surface area contributed by atoms with Gasteiger partial charge in [0.25, 0.3) is 5.91 Å². The van der Waals surface area contributed by atoms with E-state index >= 15 is 0 Å². The second-order valence-corrected chi connectivity index (χ2v) is 5.02. The molecule has 2 amide bonds. The third-order valence-electron chi connectivity index (χ3n) is 2.80. The topological polar surface area (TPSA) is 78.4 Å². The van der Waals surface area contributed by atoms with Gasteiger partial charge in [-0.3, -0.25) is 9.59 Å². The number of hydrogen-bond donors (Lipinski definition) is 1. The predicted octanol–water partition coefficient (Wildman–Crippen LogP) is -0.960. The number of carbonyl (C=O) groups excluding carboxylic acids is 2. The lowest BCUT2D eigenvalue weighted by molar-refractivity contribution is -0.134. The first kappa shape index (κ1) is 12.9. The minimum Gasteiger partial charge on any atom is -0.347 e. The van der Waals surface area contributed by atoms with Crippen molar-refractivity contribution in [1.82, 2.24) is 24.7 Å². The number of nitrogens with zero attached hydrogens (tertiary/aromatic N) is 4. The lowest BCUT2D eigenvalue weighted by Gasteiger charge is -2.36. The molecule has 18 heavy (non-hydrogen) atoms. The van der Waals surface area contributed by atoms with Crippen molar-refractivity contribution in [3.05, 3.63) is 11.1 Å². The van der Waals surface area contributed by atoms with Gasteiger partial charge in [-0.1, -0.05) is 4.49 Å². The molecular formula is C10H15N5O2S. The molecule has 0 aliphatic carbocycles. The van der Waals surface area contributed by atoms with Crippen LogP contribution in [0.5, 0.6) is 0 Å². The summed E-state index contributed by atoms with van der Waals surface area (Å²) in [5, 5.41) is 6.78. The van der Waals surface area contributed by atoms with Gasteiger partial charge in [0.15, 0.2) is 0 Å². The monoisotopic (exact) mass is 269 g/mol. The minimum absolute atomic E-state index is 0.0759. The maximum Gasteiger partial charge on any atom is 0.268 e. The van der Waals surface area contributed by atoms with Crippen LogP contribution < -0.4 is 5.32 Å².